The second kappa shape index (κ2) is 8.41. The number of benzene rings is 1. The number of carbonyl (C=O) groups is 1. The van der Waals surface area contributed by atoms with Gasteiger partial charge in [0.15, 0.2) is 11.5 Å². The molecule has 156 valence electrons. The Morgan fingerprint density at radius 1 is 1.10 bits per heavy atom. The van der Waals surface area contributed by atoms with E-state index in [-0.39, 0.29) is 17.5 Å². The second-order valence-corrected chi connectivity index (χ2v) is 7.75. The van der Waals surface area contributed by atoms with Gasteiger partial charge in [0.25, 0.3) is 5.56 Å². The van der Waals surface area contributed by atoms with Crippen LogP contribution < -0.4 is 15.0 Å². The van der Waals surface area contributed by atoms with E-state index in [0.29, 0.717) is 34.8 Å². The molecule has 8 nitrogen and oxygen atoms in total. The average Bonchev–Trinajstić information content (AvgIpc) is 3.27. The summed E-state index contributed by atoms with van der Waals surface area (Å²) in [6.07, 6.45) is 5.14. The number of fused-ring (bicyclic) bond motifs is 1. The van der Waals surface area contributed by atoms with Gasteiger partial charge in [-0.1, -0.05) is 6.42 Å². The van der Waals surface area contributed by atoms with Crippen molar-refractivity contribution >= 4 is 16.8 Å². The number of hydrogen-bond acceptors (Lipinski definition) is 6. The number of H-pyrrole nitrogens is 1. The Bertz CT molecular complexity index is 952. The molecule has 29 heavy (non-hydrogen) atoms. The van der Waals surface area contributed by atoms with Crippen LogP contribution in [-0.4, -0.2) is 65.6 Å². The summed E-state index contributed by atoms with van der Waals surface area (Å²) in [5, 5.41) is 0.453. The van der Waals surface area contributed by atoms with Crippen LogP contribution in [0.1, 0.15) is 37.9 Å². The minimum absolute atomic E-state index is 0.131. The van der Waals surface area contributed by atoms with Crippen molar-refractivity contribution < 1.29 is 14.3 Å². The van der Waals surface area contributed by atoms with Gasteiger partial charge in [-0.15, -0.1) is 0 Å². The lowest BCUT2D eigenvalue weighted by molar-refractivity contribution is -0.137. The number of piperidine rings is 1. The van der Waals surface area contributed by atoms with Gasteiger partial charge in [0, 0.05) is 19.2 Å². The third kappa shape index (κ3) is 3.94. The van der Waals surface area contributed by atoms with E-state index in [1.807, 2.05) is 4.90 Å². The molecule has 0 bridgehead atoms. The third-order valence-electron chi connectivity index (χ3n) is 5.93. The van der Waals surface area contributed by atoms with E-state index in [2.05, 4.69) is 14.9 Å². The van der Waals surface area contributed by atoms with Crippen molar-refractivity contribution in [3.8, 4) is 11.5 Å². The van der Waals surface area contributed by atoms with Crippen LogP contribution in [0.25, 0.3) is 10.9 Å². The molecule has 0 spiro atoms. The quantitative estimate of drug-likeness (QED) is 0.825. The van der Waals surface area contributed by atoms with Crippen molar-refractivity contribution in [3.05, 3.63) is 28.3 Å². The van der Waals surface area contributed by atoms with Gasteiger partial charge in [0.1, 0.15) is 5.82 Å². The molecule has 2 aliphatic heterocycles. The smallest absolute Gasteiger partial charge is 0.258 e. The molecule has 0 saturated carbocycles. The van der Waals surface area contributed by atoms with Gasteiger partial charge in [-0.25, -0.2) is 4.98 Å². The number of rotatable bonds is 5. The maximum Gasteiger partial charge on any atom is 0.258 e. The van der Waals surface area contributed by atoms with E-state index in [1.165, 1.54) is 7.11 Å². The zero-order valence-corrected chi connectivity index (χ0v) is 17.1. The van der Waals surface area contributed by atoms with E-state index >= 15 is 0 Å². The van der Waals surface area contributed by atoms with Gasteiger partial charge in [-0.2, -0.15) is 0 Å². The first-order valence-corrected chi connectivity index (χ1v) is 10.3. The molecule has 1 aromatic carbocycles. The molecule has 2 fully saturated rings. The molecule has 1 aromatic heterocycles. The van der Waals surface area contributed by atoms with E-state index in [4.69, 9.17) is 9.47 Å². The fourth-order valence-electron chi connectivity index (χ4n) is 4.39. The molecule has 0 aliphatic carbocycles. The Labute approximate surface area is 169 Å². The third-order valence-corrected chi connectivity index (χ3v) is 5.93. The standard InChI is InChI=1S/C21H28N4O4/c1-28-17-11-14-15(12-18(17)29-2)22-19(23-20(14)26)13-25-10-4-3-7-16(25)21(27)24-8-5-6-9-24/h11-12,16H,3-10,13H2,1-2H3,(H,22,23,26). The minimum atomic E-state index is -0.217. The van der Waals surface area contributed by atoms with Crippen LogP contribution in [0.5, 0.6) is 11.5 Å². The maximum atomic E-state index is 13.0. The molecule has 0 radical (unpaired) electrons. The monoisotopic (exact) mass is 400 g/mol. The largest absolute Gasteiger partial charge is 0.493 e. The summed E-state index contributed by atoms with van der Waals surface area (Å²) in [7, 11) is 3.09. The topological polar surface area (TPSA) is 87.8 Å². The highest BCUT2D eigenvalue weighted by atomic mass is 16.5. The SMILES string of the molecule is COc1cc2nc(CN3CCCCC3C(=O)N3CCCC3)[nH]c(=O)c2cc1OC. The molecular formula is C21H28N4O4. The first-order valence-electron chi connectivity index (χ1n) is 10.3. The first-order chi connectivity index (χ1) is 14.1. The van der Waals surface area contributed by atoms with Gasteiger partial charge >= 0.3 is 0 Å². The number of carbonyl (C=O) groups excluding carboxylic acids is 1. The van der Waals surface area contributed by atoms with E-state index in [9.17, 15) is 9.59 Å². The number of methoxy groups -OCH3 is 2. The lowest BCUT2D eigenvalue weighted by Crippen LogP contribution is -2.50. The van der Waals surface area contributed by atoms with Crippen molar-refractivity contribution in [2.24, 2.45) is 0 Å². The van der Waals surface area contributed by atoms with Crippen molar-refractivity contribution in [2.45, 2.75) is 44.7 Å². The van der Waals surface area contributed by atoms with Crippen molar-refractivity contribution in [1.82, 2.24) is 19.8 Å². The summed E-state index contributed by atoms with van der Waals surface area (Å²) in [4.78, 5) is 37.3. The molecule has 4 rings (SSSR count). The van der Waals surface area contributed by atoms with Gasteiger partial charge < -0.3 is 19.4 Å². The summed E-state index contributed by atoms with van der Waals surface area (Å²) in [6.45, 7) is 2.99. The molecule has 2 aliphatic rings. The normalized spacial score (nSPS) is 20.2. The highest BCUT2D eigenvalue weighted by Crippen LogP contribution is 2.30. The molecule has 1 unspecified atom stereocenters. The fraction of sp³-hybridized carbons (Fsp3) is 0.571. The maximum absolute atomic E-state index is 13.0. The first kappa shape index (κ1) is 19.7. The van der Waals surface area contributed by atoms with Crippen molar-refractivity contribution in [1.29, 1.82) is 0 Å². The lowest BCUT2D eigenvalue weighted by atomic mass is 10.0. The molecule has 1 N–H and O–H groups in total. The second-order valence-electron chi connectivity index (χ2n) is 7.75. The zero-order valence-electron chi connectivity index (χ0n) is 17.1. The Balaban J connectivity index is 1.61. The number of aromatic amines is 1. The van der Waals surface area contributed by atoms with Gasteiger partial charge in [0.05, 0.1) is 37.7 Å². The average molecular weight is 400 g/mol. The molecule has 1 atom stereocenters. The summed E-state index contributed by atoms with van der Waals surface area (Å²) in [6, 6.07) is 3.23. The highest BCUT2D eigenvalue weighted by molar-refractivity contribution is 5.83. The van der Waals surface area contributed by atoms with Gasteiger partial charge in [-0.05, 0) is 38.3 Å². The van der Waals surface area contributed by atoms with Crippen LogP contribution in [0.4, 0.5) is 0 Å². The Morgan fingerprint density at radius 3 is 2.52 bits per heavy atom. The predicted molar refractivity (Wildman–Crippen MR) is 109 cm³/mol. The van der Waals surface area contributed by atoms with Crippen LogP contribution in [0.15, 0.2) is 16.9 Å². The summed E-state index contributed by atoms with van der Waals surface area (Å²) >= 11 is 0. The summed E-state index contributed by atoms with van der Waals surface area (Å²) < 4.78 is 10.6. The summed E-state index contributed by atoms with van der Waals surface area (Å²) in [5.41, 5.74) is 0.339. The van der Waals surface area contributed by atoms with Crippen molar-refractivity contribution in [2.75, 3.05) is 33.9 Å². The van der Waals surface area contributed by atoms with Gasteiger partial charge in [-0.3, -0.25) is 14.5 Å². The number of hydrogen-bond donors (Lipinski definition) is 1. The number of nitrogens with zero attached hydrogens (tertiary/aromatic N) is 3. The number of ether oxygens (including phenoxy) is 2. The van der Waals surface area contributed by atoms with E-state index in [1.54, 1.807) is 19.2 Å². The molecule has 3 heterocycles. The Morgan fingerprint density at radius 2 is 1.79 bits per heavy atom. The zero-order chi connectivity index (χ0) is 20.4. The predicted octanol–water partition coefficient (Wildman–Crippen LogP) is 1.92. The summed E-state index contributed by atoms with van der Waals surface area (Å²) in [5.74, 6) is 1.81. The minimum Gasteiger partial charge on any atom is -0.493 e. The van der Waals surface area contributed by atoms with Crippen LogP contribution in [0.3, 0.4) is 0 Å². The Kier molecular flexibility index (Phi) is 5.71. The number of nitrogens with one attached hydrogen (secondary N) is 1. The molecule has 1 amide bonds. The molecular weight excluding hydrogens is 372 g/mol. The Hall–Kier alpha value is -2.61. The molecule has 8 heteroatoms. The molecule has 2 aromatic rings. The molecule has 2 saturated heterocycles. The van der Waals surface area contributed by atoms with E-state index in [0.717, 1.165) is 51.7 Å². The van der Waals surface area contributed by atoms with E-state index < -0.39 is 0 Å². The van der Waals surface area contributed by atoms with Crippen LogP contribution in [0, 0.1) is 0 Å². The lowest BCUT2D eigenvalue weighted by Gasteiger charge is -2.36. The number of aromatic nitrogens is 2. The van der Waals surface area contributed by atoms with Crippen molar-refractivity contribution in [3.63, 3.8) is 0 Å². The van der Waals surface area contributed by atoms with Gasteiger partial charge in [0.2, 0.25) is 5.91 Å². The fourth-order valence-corrected chi connectivity index (χ4v) is 4.39. The number of amides is 1. The van der Waals surface area contributed by atoms with Crippen LogP contribution in [0.2, 0.25) is 0 Å². The van der Waals surface area contributed by atoms with Crippen LogP contribution in [-0.2, 0) is 11.3 Å². The number of likely N-dealkylation sites (tertiary alicyclic amines) is 2. The highest BCUT2D eigenvalue weighted by Gasteiger charge is 2.33. The van der Waals surface area contributed by atoms with Crippen LogP contribution >= 0.6 is 0 Å².